The molecule has 2 aromatic rings. The fraction of sp³-hybridized carbons (Fsp3) is 0.238. The maximum Gasteiger partial charge on any atom is 0.332 e. The molecule has 1 saturated heterocycles. The Morgan fingerprint density at radius 3 is 2.24 bits per heavy atom. The smallest absolute Gasteiger partial charge is 0.326 e. The minimum Gasteiger partial charge on any atom is -0.326 e. The van der Waals surface area contributed by atoms with Crippen molar-refractivity contribution in [2.45, 2.75) is 26.3 Å². The summed E-state index contributed by atoms with van der Waals surface area (Å²) in [6, 6.07) is 10.0. The number of anilines is 2. The molecule has 150 valence electrons. The van der Waals surface area contributed by atoms with Gasteiger partial charge in [0.1, 0.15) is 11.9 Å². The Balaban J connectivity index is 1.73. The average molecular weight is 397 g/mol. The van der Waals surface area contributed by atoms with E-state index in [1.165, 1.54) is 41.3 Å². The van der Waals surface area contributed by atoms with Crippen molar-refractivity contribution in [3.63, 3.8) is 0 Å². The number of benzene rings is 2. The predicted molar refractivity (Wildman–Crippen MR) is 105 cm³/mol. The van der Waals surface area contributed by atoms with E-state index in [9.17, 15) is 23.6 Å². The van der Waals surface area contributed by atoms with E-state index in [4.69, 9.17) is 0 Å². The van der Waals surface area contributed by atoms with E-state index in [-0.39, 0.29) is 5.91 Å². The molecule has 0 spiro atoms. The molecule has 8 heteroatoms. The third kappa shape index (κ3) is 4.16. The van der Waals surface area contributed by atoms with E-state index < -0.39 is 36.1 Å². The Bertz CT molecular complexity index is 957. The Labute approximate surface area is 167 Å². The normalized spacial score (nSPS) is 16.3. The number of imide groups is 1. The van der Waals surface area contributed by atoms with Crippen LogP contribution >= 0.6 is 0 Å². The summed E-state index contributed by atoms with van der Waals surface area (Å²) in [7, 11) is 0. The van der Waals surface area contributed by atoms with E-state index in [1.54, 1.807) is 26.0 Å². The second kappa shape index (κ2) is 8.22. The quantitative estimate of drug-likeness (QED) is 0.599. The first-order chi connectivity index (χ1) is 13.8. The molecule has 1 atom stereocenters. The number of hydrogen-bond acceptors (Lipinski definition) is 4. The van der Waals surface area contributed by atoms with E-state index >= 15 is 0 Å². The van der Waals surface area contributed by atoms with Crippen molar-refractivity contribution < 1.29 is 23.6 Å². The van der Waals surface area contributed by atoms with Gasteiger partial charge in [-0.05, 0) is 55.5 Å². The van der Waals surface area contributed by atoms with Crippen LogP contribution in [-0.4, -0.2) is 41.1 Å². The molecule has 0 aliphatic carbocycles. The zero-order chi connectivity index (χ0) is 21.1. The zero-order valence-electron chi connectivity index (χ0n) is 16.0. The van der Waals surface area contributed by atoms with Gasteiger partial charge in [-0.3, -0.25) is 24.2 Å². The molecule has 1 aliphatic heterocycles. The summed E-state index contributed by atoms with van der Waals surface area (Å²) in [6.45, 7) is 2.88. The largest absolute Gasteiger partial charge is 0.332 e. The number of urea groups is 1. The third-order valence-corrected chi connectivity index (χ3v) is 4.67. The number of carbonyl (C=O) groups excluding carboxylic acids is 4. The molecule has 1 N–H and O–H groups in total. The fourth-order valence-electron chi connectivity index (χ4n) is 3.03. The minimum absolute atomic E-state index is 0.146. The van der Waals surface area contributed by atoms with Crippen molar-refractivity contribution in [2.75, 3.05) is 16.8 Å². The molecule has 0 bridgehead atoms. The molecule has 1 unspecified atom stereocenters. The lowest BCUT2D eigenvalue weighted by atomic mass is 10.1. The molecule has 0 aromatic heterocycles. The lowest BCUT2D eigenvalue weighted by Gasteiger charge is -2.19. The van der Waals surface area contributed by atoms with Crippen LogP contribution in [0.5, 0.6) is 0 Å². The lowest BCUT2D eigenvalue weighted by molar-refractivity contribution is -0.126. The van der Waals surface area contributed by atoms with Gasteiger partial charge in [0.15, 0.2) is 5.78 Å². The second-order valence-corrected chi connectivity index (χ2v) is 6.63. The number of nitrogens with zero attached hydrogens (tertiary/aromatic N) is 2. The molecule has 7 nitrogen and oxygen atoms in total. The molecular weight excluding hydrogens is 377 g/mol. The van der Waals surface area contributed by atoms with Gasteiger partial charge in [0.05, 0.1) is 6.54 Å². The number of nitrogens with one attached hydrogen (secondary N) is 1. The van der Waals surface area contributed by atoms with Crippen LogP contribution in [0.2, 0.25) is 0 Å². The summed E-state index contributed by atoms with van der Waals surface area (Å²) in [4.78, 5) is 51.4. The number of carbonyl (C=O) groups is 4. The Kier molecular flexibility index (Phi) is 5.72. The second-order valence-electron chi connectivity index (χ2n) is 6.63. The third-order valence-electron chi connectivity index (χ3n) is 4.67. The Hall–Kier alpha value is -3.55. The summed E-state index contributed by atoms with van der Waals surface area (Å²) in [5.41, 5.74) is 1.24. The molecule has 0 radical (unpaired) electrons. The zero-order valence-corrected chi connectivity index (χ0v) is 16.0. The molecule has 3 rings (SSSR count). The summed E-state index contributed by atoms with van der Waals surface area (Å²) in [5.74, 6) is -1.51. The lowest BCUT2D eigenvalue weighted by Crippen LogP contribution is -2.37. The molecule has 29 heavy (non-hydrogen) atoms. The summed E-state index contributed by atoms with van der Waals surface area (Å²) in [5, 5.41) is 2.68. The van der Waals surface area contributed by atoms with Gasteiger partial charge in [-0.2, -0.15) is 0 Å². The van der Waals surface area contributed by atoms with Crippen molar-refractivity contribution in [1.29, 1.82) is 0 Å². The van der Waals surface area contributed by atoms with Gasteiger partial charge >= 0.3 is 6.03 Å². The van der Waals surface area contributed by atoms with Crippen LogP contribution in [0.3, 0.4) is 0 Å². The first-order valence-electron chi connectivity index (χ1n) is 9.15. The molecule has 1 heterocycles. The standard InChI is InChI=1S/C21H20FN3O4/c1-3-19(27)23-16-8-4-14(5-9-16)18(26)12-24-20(28)13(2)25(21(24)29)17-10-6-15(22)7-11-17/h4-11,13H,3,12H2,1-2H3,(H,23,27). The van der Waals surface area contributed by atoms with Crippen molar-refractivity contribution in [1.82, 2.24) is 4.90 Å². The topological polar surface area (TPSA) is 86.8 Å². The molecule has 4 amide bonds. The average Bonchev–Trinajstić information content (AvgIpc) is 2.92. The molecular formula is C21H20FN3O4. The molecule has 1 fully saturated rings. The number of rotatable bonds is 6. The SMILES string of the molecule is CCC(=O)Nc1ccc(C(=O)CN2C(=O)C(C)N(c3ccc(F)cc3)C2=O)cc1. The van der Waals surface area contributed by atoms with E-state index in [0.717, 1.165) is 4.90 Å². The van der Waals surface area contributed by atoms with Gasteiger partial charge < -0.3 is 5.32 Å². The van der Waals surface area contributed by atoms with Crippen LogP contribution in [0.4, 0.5) is 20.6 Å². The van der Waals surface area contributed by atoms with Crippen LogP contribution in [0.25, 0.3) is 0 Å². The summed E-state index contributed by atoms with van der Waals surface area (Å²) < 4.78 is 13.2. The van der Waals surface area contributed by atoms with Gasteiger partial charge in [0.2, 0.25) is 5.91 Å². The highest BCUT2D eigenvalue weighted by Crippen LogP contribution is 2.26. The Morgan fingerprint density at radius 1 is 1.03 bits per heavy atom. The highest BCUT2D eigenvalue weighted by molar-refractivity contribution is 6.16. The van der Waals surface area contributed by atoms with Crippen LogP contribution in [0.1, 0.15) is 30.6 Å². The fourth-order valence-corrected chi connectivity index (χ4v) is 3.03. The minimum atomic E-state index is -0.799. The predicted octanol–water partition coefficient (Wildman–Crippen LogP) is 3.21. The highest BCUT2D eigenvalue weighted by Gasteiger charge is 2.44. The number of ketones is 1. The maximum absolute atomic E-state index is 13.2. The summed E-state index contributed by atoms with van der Waals surface area (Å²) >= 11 is 0. The first kappa shape index (κ1) is 20.2. The monoisotopic (exact) mass is 397 g/mol. The number of halogens is 1. The van der Waals surface area contributed by atoms with E-state index in [2.05, 4.69) is 5.32 Å². The molecule has 2 aromatic carbocycles. The number of amides is 4. The van der Waals surface area contributed by atoms with Gasteiger partial charge in [-0.1, -0.05) is 6.92 Å². The van der Waals surface area contributed by atoms with Crippen LogP contribution in [0.15, 0.2) is 48.5 Å². The van der Waals surface area contributed by atoms with Crippen LogP contribution in [-0.2, 0) is 9.59 Å². The van der Waals surface area contributed by atoms with Crippen molar-refractivity contribution in [3.05, 3.63) is 59.9 Å². The summed E-state index contributed by atoms with van der Waals surface area (Å²) in [6.07, 6.45) is 0.336. The first-order valence-corrected chi connectivity index (χ1v) is 9.15. The maximum atomic E-state index is 13.2. The van der Waals surface area contributed by atoms with Crippen molar-refractivity contribution in [3.8, 4) is 0 Å². The van der Waals surface area contributed by atoms with Crippen LogP contribution in [0, 0.1) is 5.82 Å². The van der Waals surface area contributed by atoms with Crippen molar-refractivity contribution >= 4 is 35.0 Å². The van der Waals surface area contributed by atoms with Crippen molar-refractivity contribution in [2.24, 2.45) is 0 Å². The Morgan fingerprint density at radius 2 is 1.66 bits per heavy atom. The molecule has 1 aliphatic rings. The van der Waals surface area contributed by atoms with Gasteiger partial charge in [-0.25, -0.2) is 9.18 Å². The van der Waals surface area contributed by atoms with Gasteiger partial charge in [0, 0.05) is 23.4 Å². The highest BCUT2D eigenvalue weighted by atomic mass is 19.1. The number of hydrogen-bond donors (Lipinski definition) is 1. The number of Topliss-reactive ketones (excluding diaryl/α,β-unsaturated/α-hetero) is 1. The van der Waals surface area contributed by atoms with E-state index in [0.29, 0.717) is 23.4 Å². The van der Waals surface area contributed by atoms with E-state index in [1.807, 2.05) is 0 Å². The van der Waals surface area contributed by atoms with Gasteiger partial charge in [-0.15, -0.1) is 0 Å². The van der Waals surface area contributed by atoms with Gasteiger partial charge in [0.25, 0.3) is 5.91 Å². The molecule has 0 saturated carbocycles. The van der Waals surface area contributed by atoms with Crippen LogP contribution < -0.4 is 10.2 Å².